The molecule has 0 unspecified atom stereocenters. The molecule has 2 aromatic rings. The van der Waals surface area contributed by atoms with Gasteiger partial charge in [-0.05, 0) is 31.0 Å². The highest BCUT2D eigenvalue weighted by atomic mass is 35.5. The fraction of sp³-hybridized carbons (Fsp3) is 0.474. The van der Waals surface area contributed by atoms with Crippen LogP contribution in [-0.4, -0.2) is 41.5 Å². The summed E-state index contributed by atoms with van der Waals surface area (Å²) in [5.74, 6) is 0.215. The third-order valence-electron chi connectivity index (χ3n) is 5.10. The lowest BCUT2D eigenvalue weighted by Crippen LogP contribution is -2.31. The number of carbonyl (C=O) groups is 1. The number of nitrogens with zero attached hydrogens (tertiary/aromatic N) is 3. The zero-order valence-corrected chi connectivity index (χ0v) is 17.6. The number of amides is 1. The molecule has 7 nitrogen and oxygen atoms in total. The first-order valence-electron chi connectivity index (χ1n) is 9.53. The number of hydrogen-bond donors (Lipinski definition) is 1. The normalized spacial score (nSPS) is 15.3. The van der Waals surface area contributed by atoms with Gasteiger partial charge >= 0.3 is 0 Å². The summed E-state index contributed by atoms with van der Waals surface area (Å²) >= 11 is 6.15. The molecule has 1 fully saturated rings. The van der Waals surface area contributed by atoms with Gasteiger partial charge in [0.1, 0.15) is 10.7 Å². The Hall–Kier alpha value is -1.90. The quantitative estimate of drug-likeness (QED) is 0.729. The van der Waals surface area contributed by atoms with E-state index in [4.69, 9.17) is 11.6 Å². The van der Waals surface area contributed by atoms with E-state index in [-0.39, 0.29) is 21.5 Å². The molecule has 0 atom stereocenters. The minimum Gasteiger partial charge on any atom is -0.307 e. The van der Waals surface area contributed by atoms with Gasteiger partial charge < -0.3 is 5.32 Å². The highest BCUT2D eigenvalue weighted by molar-refractivity contribution is 7.89. The maximum absolute atomic E-state index is 12.8. The zero-order valence-electron chi connectivity index (χ0n) is 16.1. The van der Waals surface area contributed by atoms with E-state index in [0.717, 1.165) is 25.7 Å². The smallest absolute Gasteiger partial charge is 0.256 e. The largest absolute Gasteiger partial charge is 0.307 e. The van der Waals surface area contributed by atoms with Gasteiger partial charge in [-0.25, -0.2) is 13.1 Å². The highest BCUT2D eigenvalue weighted by Crippen LogP contribution is 2.31. The van der Waals surface area contributed by atoms with Crippen molar-refractivity contribution in [2.24, 2.45) is 0 Å². The predicted molar refractivity (Wildman–Crippen MR) is 109 cm³/mol. The monoisotopic (exact) mass is 424 g/mol. The van der Waals surface area contributed by atoms with Crippen LogP contribution in [0.1, 0.15) is 55.9 Å². The molecule has 1 amide bonds. The maximum Gasteiger partial charge on any atom is 0.256 e. The summed E-state index contributed by atoms with van der Waals surface area (Å²) in [6.45, 7) is 4.17. The Morgan fingerprint density at radius 3 is 2.57 bits per heavy atom. The van der Waals surface area contributed by atoms with Crippen LogP contribution >= 0.6 is 11.6 Å². The van der Waals surface area contributed by atoms with E-state index in [2.05, 4.69) is 10.4 Å². The Morgan fingerprint density at radius 2 is 1.93 bits per heavy atom. The van der Waals surface area contributed by atoms with E-state index < -0.39 is 15.9 Å². The molecular weight excluding hydrogens is 400 g/mol. The van der Waals surface area contributed by atoms with Crippen molar-refractivity contribution >= 4 is 33.3 Å². The average molecular weight is 425 g/mol. The topological polar surface area (TPSA) is 84.3 Å². The van der Waals surface area contributed by atoms with Crippen molar-refractivity contribution in [3.63, 3.8) is 0 Å². The number of halogens is 1. The van der Waals surface area contributed by atoms with Crippen LogP contribution in [0.4, 0.5) is 5.82 Å². The lowest BCUT2D eigenvalue weighted by Gasteiger charge is -2.19. The lowest BCUT2D eigenvalue weighted by atomic mass is 10.2. The van der Waals surface area contributed by atoms with Gasteiger partial charge in [-0.1, -0.05) is 38.3 Å². The molecule has 0 bridgehead atoms. The number of anilines is 1. The van der Waals surface area contributed by atoms with Crippen LogP contribution in [0.25, 0.3) is 0 Å². The van der Waals surface area contributed by atoms with Crippen molar-refractivity contribution in [2.45, 2.75) is 50.5 Å². The first-order valence-corrected chi connectivity index (χ1v) is 11.3. The summed E-state index contributed by atoms with van der Waals surface area (Å²) in [6.07, 6.45) is 6.05. The van der Waals surface area contributed by atoms with Crippen molar-refractivity contribution in [3.8, 4) is 0 Å². The van der Waals surface area contributed by atoms with Gasteiger partial charge in [0, 0.05) is 24.7 Å². The van der Waals surface area contributed by atoms with Crippen molar-refractivity contribution in [1.29, 1.82) is 0 Å². The van der Waals surface area contributed by atoms with E-state index in [1.54, 1.807) is 26.1 Å². The molecule has 1 saturated carbocycles. The molecule has 28 heavy (non-hydrogen) atoms. The number of carbonyl (C=O) groups excluding carboxylic acids is 1. The van der Waals surface area contributed by atoms with Crippen molar-refractivity contribution in [2.75, 3.05) is 18.4 Å². The molecule has 1 aliphatic carbocycles. The van der Waals surface area contributed by atoms with Gasteiger partial charge in [-0.2, -0.15) is 9.40 Å². The Labute approximate surface area is 170 Å². The number of nitrogens with one attached hydrogen (secondary N) is 1. The van der Waals surface area contributed by atoms with Gasteiger partial charge in [-0.15, -0.1) is 0 Å². The van der Waals surface area contributed by atoms with Crippen LogP contribution in [0.3, 0.4) is 0 Å². The molecule has 1 aromatic heterocycles. The summed E-state index contributed by atoms with van der Waals surface area (Å²) in [5, 5.41) is 7.29. The molecule has 1 aliphatic rings. The van der Waals surface area contributed by atoms with E-state index in [9.17, 15) is 13.2 Å². The third kappa shape index (κ3) is 4.09. The summed E-state index contributed by atoms with van der Waals surface area (Å²) < 4.78 is 28.8. The van der Waals surface area contributed by atoms with E-state index >= 15 is 0 Å². The van der Waals surface area contributed by atoms with Crippen LogP contribution in [0.5, 0.6) is 0 Å². The first-order chi connectivity index (χ1) is 13.4. The van der Waals surface area contributed by atoms with Gasteiger partial charge in [0.15, 0.2) is 0 Å². The molecule has 1 heterocycles. The van der Waals surface area contributed by atoms with Crippen LogP contribution < -0.4 is 5.32 Å². The summed E-state index contributed by atoms with van der Waals surface area (Å²) in [4.78, 5) is 12.7. The van der Waals surface area contributed by atoms with Crippen LogP contribution in [-0.2, 0) is 10.0 Å². The molecule has 152 valence electrons. The molecular formula is C19H25ClN4O3S. The highest BCUT2D eigenvalue weighted by Gasteiger charge is 2.26. The van der Waals surface area contributed by atoms with Crippen LogP contribution in [0.2, 0.25) is 5.02 Å². The van der Waals surface area contributed by atoms with Gasteiger partial charge in [-0.3, -0.25) is 4.79 Å². The van der Waals surface area contributed by atoms with Gasteiger partial charge in [0.25, 0.3) is 5.91 Å². The van der Waals surface area contributed by atoms with Crippen LogP contribution in [0, 0.1) is 0 Å². The molecule has 1 aromatic carbocycles. The lowest BCUT2D eigenvalue weighted by molar-refractivity contribution is 0.102. The minimum atomic E-state index is -3.77. The second kappa shape index (κ2) is 8.63. The Balaban J connectivity index is 1.87. The fourth-order valence-corrected chi connectivity index (χ4v) is 5.54. The second-order valence-electron chi connectivity index (χ2n) is 6.79. The third-order valence-corrected chi connectivity index (χ3v) is 7.63. The maximum atomic E-state index is 12.8. The van der Waals surface area contributed by atoms with Crippen LogP contribution in [0.15, 0.2) is 35.4 Å². The Bertz CT molecular complexity index is 948. The summed E-state index contributed by atoms with van der Waals surface area (Å²) in [7, 11) is -3.77. The average Bonchev–Trinajstić information content (AvgIpc) is 3.34. The molecule has 0 saturated heterocycles. The molecule has 0 radical (unpaired) electrons. The number of rotatable bonds is 7. The second-order valence-corrected chi connectivity index (χ2v) is 9.10. The predicted octanol–water partition coefficient (Wildman–Crippen LogP) is 3.93. The van der Waals surface area contributed by atoms with E-state index in [1.807, 2.05) is 4.68 Å². The summed E-state index contributed by atoms with van der Waals surface area (Å²) in [6, 6.07) is 6.34. The van der Waals surface area contributed by atoms with E-state index in [1.165, 1.54) is 22.5 Å². The molecule has 9 heteroatoms. The molecule has 1 N–H and O–H groups in total. The minimum absolute atomic E-state index is 0.0604. The number of benzene rings is 1. The zero-order chi connectivity index (χ0) is 20.3. The standard InChI is InChI=1S/C19H25ClN4O3S/c1-3-23(4-2)28(26,27)17-13-14(9-10-16(17)20)19(25)22-18-11-12-21-24(18)15-7-5-6-8-15/h9-13,15H,3-8H2,1-2H3,(H,22,25). The summed E-state index contributed by atoms with van der Waals surface area (Å²) in [5.41, 5.74) is 0.231. The molecule has 0 aliphatic heterocycles. The molecule has 3 rings (SSSR count). The van der Waals surface area contributed by atoms with Gasteiger partial charge in [0.05, 0.1) is 17.3 Å². The first kappa shape index (κ1) is 20.8. The van der Waals surface area contributed by atoms with Crippen molar-refractivity contribution in [3.05, 3.63) is 41.0 Å². The number of hydrogen-bond acceptors (Lipinski definition) is 4. The number of aromatic nitrogens is 2. The van der Waals surface area contributed by atoms with Crippen molar-refractivity contribution < 1.29 is 13.2 Å². The van der Waals surface area contributed by atoms with Crippen molar-refractivity contribution in [1.82, 2.24) is 14.1 Å². The number of sulfonamides is 1. The Kier molecular flexibility index (Phi) is 6.42. The molecule has 0 spiro atoms. The SMILES string of the molecule is CCN(CC)S(=O)(=O)c1cc(C(=O)Nc2ccnn2C2CCCC2)ccc1Cl. The van der Waals surface area contributed by atoms with E-state index in [0.29, 0.717) is 18.9 Å². The Morgan fingerprint density at radius 1 is 1.25 bits per heavy atom. The van der Waals surface area contributed by atoms with Gasteiger partial charge in [0.2, 0.25) is 10.0 Å². The fourth-order valence-electron chi connectivity index (χ4n) is 3.59.